The Labute approximate surface area is 199 Å². The van der Waals surface area contributed by atoms with Crippen LogP contribution in [-0.2, 0) is 27.7 Å². The second-order valence-electron chi connectivity index (χ2n) is 9.72. The summed E-state index contributed by atoms with van der Waals surface area (Å²) >= 11 is 0. The molecule has 4 rings (SSSR count). The third kappa shape index (κ3) is 4.86. The van der Waals surface area contributed by atoms with Crippen LogP contribution in [0.2, 0.25) is 0 Å². The molecule has 2 aromatic carbocycles. The molecule has 1 atom stereocenters. The lowest BCUT2D eigenvalue weighted by Crippen LogP contribution is -2.43. The van der Waals surface area contributed by atoms with Gasteiger partial charge in [-0.3, -0.25) is 0 Å². The van der Waals surface area contributed by atoms with Gasteiger partial charge in [0.05, 0.1) is 6.61 Å². The molecule has 178 valence electrons. The maximum atomic E-state index is 12.5. The van der Waals surface area contributed by atoms with E-state index in [1.807, 2.05) is 56.3 Å². The molecule has 0 radical (unpaired) electrons. The standard InChI is InChI=1S/C28H30O6/c1-6-27(2,3)21-15-19-14-20-16-24(32-22(20)17-23(19)33-25(21)29)28(4,5)34-26(30)31-13-12-18-10-8-7-9-11-18/h6-11,14-15,17,24H,1,12-13,16H2,2-5H3/t24-/m1/s1. The Bertz CT molecular complexity index is 1270. The van der Waals surface area contributed by atoms with Gasteiger partial charge >= 0.3 is 11.8 Å². The maximum absolute atomic E-state index is 12.5. The van der Waals surface area contributed by atoms with Gasteiger partial charge in [0.1, 0.15) is 23.0 Å². The third-order valence-corrected chi connectivity index (χ3v) is 6.37. The van der Waals surface area contributed by atoms with Crippen LogP contribution in [0.15, 0.2) is 70.4 Å². The minimum Gasteiger partial charge on any atom is -0.485 e. The molecule has 0 saturated carbocycles. The maximum Gasteiger partial charge on any atom is 0.508 e. The van der Waals surface area contributed by atoms with E-state index in [4.69, 9.17) is 18.6 Å². The van der Waals surface area contributed by atoms with Crippen LogP contribution in [0.3, 0.4) is 0 Å². The van der Waals surface area contributed by atoms with Gasteiger partial charge < -0.3 is 18.6 Å². The quantitative estimate of drug-likeness (QED) is 0.253. The Morgan fingerprint density at radius 2 is 1.88 bits per heavy atom. The van der Waals surface area contributed by atoms with Crippen LogP contribution in [0.5, 0.6) is 5.75 Å². The van der Waals surface area contributed by atoms with Gasteiger partial charge in [0, 0.05) is 35.3 Å². The number of carbonyl (C=O) groups excluding carboxylic acids is 1. The van der Waals surface area contributed by atoms with Crippen LogP contribution in [0, 0.1) is 0 Å². The molecule has 1 aromatic heterocycles. The summed E-state index contributed by atoms with van der Waals surface area (Å²) in [4.78, 5) is 24.8. The minimum atomic E-state index is -0.925. The molecule has 3 aromatic rings. The summed E-state index contributed by atoms with van der Waals surface area (Å²) in [5, 5.41) is 0.812. The van der Waals surface area contributed by atoms with Crippen LogP contribution in [0.4, 0.5) is 4.79 Å². The van der Waals surface area contributed by atoms with Crippen LogP contribution in [0.25, 0.3) is 11.0 Å². The molecule has 34 heavy (non-hydrogen) atoms. The zero-order chi connectivity index (χ0) is 24.5. The average molecular weight is 463 g/mol. The lowest BCUT2D eigenvalue weighted by atomic mass is 9.85. The number of benzene rings is 2. The molecule has 1 aliphatic rings. The van der Waals surface area contributed by atoms with Gasteiger partial charge in [0.2, 0.25) is 0 Å². The summed E-state index contributed by atoms with van der Waals surface area (Å²) < 4.78 is 22.6. The first-order chi connectivity index (χ1) is 16.1. The van der Waals surface area contributed by atoms with Crippen molar-refractivity contribution in [3.8, 4) is 5.75 Å². The molecule has 0 bridgehead atoms. The summed E-state index contributed by atoms with van der Waals surface area (Å²) in [5.41, 5.74) is 1.22. The van der Waals surface area contributed by atoms with E-state index in [9.17, 15) is 9.59 Å². The first-order valence-corrected chi connectivity index (χ1v) is 11.4. The van der Waals surface area contributed by atoms with E-state index in [0.717, 1.165) is 16.5 Å². The molecule has 0 saturated heterocycles. The second-order valence-corrected chi connectivity index (χ2v) is 9.72. The van der Waals surface area contributed by atoms with Gasteiger partial charge in [0.25, 0.3) is 0 Å². The van der Waals surface area contributed by atoms with Crippen LogP contribution < -0.4 is 10.4 Å². The third-order valence-electron chi connectivity index (χ3n) is 6.37. The molecule has 1 aliphatic heterocycles. The predicted molar refractivity (Wildman–Crippen MR) is 130 cm³/mol. The number of fused-ring (bicyclic) bond motifs is 2. The van der Waals surface area contributed by atoms with Crippen molar-refractivity contribution in [1.29, 1.82) is 0 Å². The Kier molecular flexibility index (Phi) is 6.26. The van der Waals surface area contributed by atoms with Gasteiger partial charge in [-0.1, -0.05) is 50.3 Å². The van der Waals surface area contributed by atoms with E-state index >= 15 is 0 Å². The Balaban J connectivity index is 1.45. The molecular formula is C28H30O6. The van der Waals surface area contributed by atoms with Crippen LogP contribution >= 0.6 is 0 Å². The smallest absolute Gasteiger partial charge is 0.485 e. The predicted octanol–water partition coefficient (Wildman–Crippen LogP) is 5.73. The number of ether oxygens (including phenoxy) is 3. The molecule has 0 fully saturated rings. The first kappa shape index (κ1) is 23.6. The van der Waals surface area contributed by atoms with Crippen LogP contribution in [-0.4, -0.2) is 24.5 Å². The molecule has 6 heteroatoms. The Hall–Kier alpha value is -3.54. The monoisotopic (exact) mass is 462 g/mol. The topological polar surface area (TPSA) is 75.0 Å². The number of hydrogen-bond acceptors (Lipinski definition) is 6. The van der Waals surface area contributed by atoms with E-state index in [1.54, 1.807) is 26.0 Å². The molecule has 0 amide bonds. The van der Waals surface area contributed by atoms with E-state index in [-0.39, 0.29) is 6.61 Å². The average Bonchev–Trinajstić information content (AvgIpc) is 3.21. The minimum absolute atomic E-state index is 0.235. The summed E-state index contributed by atoms with van der Waals surface area (Å²) in [6, 6.07) is 15.3. The molecule has 2 heterocycles. The molecule has 0 spiro atoms. The molecule has 0 aliphatic carbocycles. The summed E-state index contributed by atoms with van der Waals surface area (Å²) in [6.07, 6.45) is 1.76. The summed E-state index contributed by atoms with van der Waals surface area (Å²) in [5.74, 6) is 0.616. The van der Waals surface area contributed by atoms with E-state index in [2.05, 4.69) is 6.58 Å². The highest BCUT2D eigenvalue weighted by Crippen LogP contribution is 2.38. The lowest BCUT2D eigenvalue weighted by molar-refractivity contribution is -0.0670. The van der Waals surface area contributed by atoms with Gasteiger partial charge in [-0.15, -0.1) is 6.58 Å². The van der Waals surface area contributed by atoms with Gasteiger partial charge in [0.15, 0.2) is 0 Å². The molecule has 6 nitrogen and oxygen atoms in total. The fourth-order valence-electron chi connectivity index (χ4n) is 4.01. The molecule has 0 unspecified atom stereocenters. The van der Waals surface area contributed by atoms with Crippen molar-refractivity contribution in [2.24, 2.45) is 0 Å². The summed E-state index contributed by atoms with van der Waals surface area (Å²) in [7, 11) is 0. The van der Waals surface area contributed by atoms with Gasteiger partial charge in [-0.2, -0.15) is 0 Å². The number of allylic oxidation sites excluding steroid dienone is 1. The zero-order valence-corrected chi connectivity index (χ0v) is 20.1. The SMILES string of the molecule is C=CC(C)(C)c1cc2cc3c(cc2oc1=O)O[C@@H](C(C)(C)OC(=O)OCCc1ccccc1)C3. The summed E-state index contributed by atoms with van der Waals surface area (Å²) in [6.45, 7) is 11.5. The Morgan fingerprint density at radius 3 is 2.59 bits per heavy atom. The first-order valence-electron chi connectivity index (χ1n) is 11.4. The number of hydrogen-bond donors (Lipinski definition) is 0. The van der Waals surface area contributed by atoms with Crippen molar-refractivity contribution in [1.82, 2.24) is 0 Å². The van der Waals surface area contributed by atoms with Crippen molar-refractivity contribution in [2.45, 2.75) is 57.7 Å². The highest BCUT2D eigenvalue weighted by atomic mass is 16.7. The van der Waals surface area contributed by atoms with Crippen molar-refractivity contribution in [2.75, 3.05) is 6.61 Å². The van der Waals surface area contributed by atoms with E-state index < -0.39 is 28.9 Å². The van der Waals surface area contributed by atoms with Crippen LogP contribution in [0.1, 0.15) is 44.4 Å². The second kappa shape index (κ2) is 9.01. The van der Waals surface area contributed by atoms with E-state index in [1.165, 1.54) is 0 Å². The zero-order valence-electron chi connectivity index (χ0n) is 20.1. The van der Waals surface area contributed by atoms with Crippen molar-refractivity contribution >= 4 is 17.1 Å². The molecule has 0 N–H and O–H groups in total. The fraction of sp³-hybridized carbons (Fsp3) is 0.357. The van der Waals surface area contributed by atoms with Gasteiger partial charge in [-0.05, 0) is 37.1 Å². The largest absolute Gasteiger partial charge is 0.508 e. The molecular weight excluding hydrogens is 432 g/mol. The fourth-order valence-corrected chi connectivity index (χ4v) is 4.01. The van der Waals surface area contributed by atoms with E-state index in [0.29, 0.717) is 29.7 Å². The van der Waals surface area contributed by atoms with Crippen molar-refractivity contribution in [3.63, 3.8) is 0 Å². The Morgan fingerprint density at radius 1 is 1.15 bits per heavy atom. The highest BCUT2D eigenvalue weighted by molar-refractivity contribution is 5.80. The normalized spacial score (nSPS) is 15.5. The highest BCUT2D eigenvalue weighted by Gasteiger charge is 2.40. The van der Waals surface area contributed by atoms with Gasteiger partial charge in [-0.25, -0.2) is 9.59 Å². The number of rotatable bonds is 7. The number of carbonyl (C=O) groups is 1. The lowest BCUT2D eigenvalue weighted by Gasteiger charge is -2.30. The van der Waals surface area contributed by atoms with Crippen molar-refractivity contribution in [3.05, 3.63) is 88.3 Å². The van der Waals surface area contributed by atoms with Crippen molar-refractivity contribution < 1.29 is 23.4 Å².